The molecule has 3 N–H and O–H groups in total. The molecule has 0 spiro atoms. The maximum Gasteiger partial charge on any atom is 0.408 e. The number of fused-ring (bicyclic) bond motifs is 3. The second kappa shape index (κ2) is 19.9. The third-order valence-corrected chi connectivity index (χ3v) is 8.37. The quantitative estimate of drug-likeness (QED) is 0.126. The monoisotopic (exact) mass is 635 g/mol. The molecule has 3 rings (SSSR count). The molecule has 0 aromatic heterocycles. The molecule has 0 aliphatic heterocycles. The number of carbonyl (C=O) groups is 3. The summed E-state index contributed by atoms with van der Waals surface area (Å²) in [6.45, 7) is 8.89. The minimum Gasteiger partial charge on any atom is -0.449 e. The highest BCUT2D eigenvalue weighted by molar-refractivity contribution is 5.85. The second-order valence-electron chi connectivity index (χ2n) is 13.4. The van der Waals surface area contributed by atoms with E-state index in [9.17, 15) is 14.4 Å². The lowest BCUT2D eigenvalue weighted by molar-refractivity contribution is -0.123. The molecule has 0 saturated heterocycles. The van der Waals surface area contributed by atoms with E-state index in [1.165, 1.54) is 73.6 Å². The third-order valence-electron chi connectivity index (χ3n) is 8.37. The number of hydrogen-bond donors (Lipinski definition) is 3. The number of carbonyl (C=O) groups excluding carboxylic acids is 3. The van der Waals surface area contributed by atoms with Gasteiger partial charge in [0, 0.05) is 19.0 Å². The molecule has 1 unspecified atom stereocenters. The lowest BCUT2D eigenvalue weighted by atomic mass is 9.98. The predicted octanol–water partition coefficient (Wildman–Crippen LogP) is 8.63. The van der Waals surface area contributed by atoms with Crippen molar-refractivity contribution in [1.29, 1.82) is 0 Å². The topological polar surface area (TPSA) is 106 Å². The summed E-state index contributed by atoms with van der Waals surface area (Å²) >= 11 is 0. The Bertz CT molecular complexity index is 1180. The Balaban J connectivity index is 1.35. The van der Waals surface area contributed by atoms with Gasteiger partial charge < -0.3 is 25.4 Å². The minimum atomic E-state index is -0.701. The summed E-state index contributed by atoms with van der Waals surface area (Å²) in [6, 6.07) is 15.8. The first-order valence-corrected chi connectivity index (χ1v) is 17.6. The Labute approximate surface area is 276 Å². The number of nitrogens with one attached hydrogen (secondary N) is 3. The van der Waals surface area contributed by atoms with Crippen LogP contribution in [0.4, 0.5) is 9.59 Å². The van der Waals surface area contributed by atoms with E-state index in [2.05, 4.69) is 47.1 Å². The largest absolute Gasteiger partial charge is 0.449 e. The number of amides is 3. The summed E-state index contributed by atoms with van der Waals surface area (Å²) in [5.74, 6) is -0.192. The molecule has 1 aliphatic rings. The van der Waals surface area contributed by atoms with Crippen LogP contribution in [0.15, 0.2) is 48.5 Å². The average Bonchev–Trinajstić information content (AvgIpc) is 3.34. The zero-order chi connectivity index (χ0) is 33.2. The van der Waals surface area contributed by atoms with Crippen molar-refractivity contribution in [2.75, 3.05) is 19.7 Å². The Kier molecular flexibility index (Phi) is 15.9. The van der Waals surface area contributed by atoms with Crippen LogP contribution in [0.2, 0.25) is 0 Å². The van der Waals surface area contributed by atoms with Crippen LogP contribution < -0.4 is 16.0 Å². The highest BCUT2D eigenvalue weighted by Crippen LogP contribution is 2.44. The summed E-state index contributed by atoms with van der Waals surface area (Å²) in [7, 11) is 0. The van der Waals surface area contributed by atoms with Crippen LogP contribution in [-0.4, -0.2) is 49.4 Å². The van der Waals surface area contributed by atoms with Gasteiger partial charge in [0.05, 0.1) is 0 Å². The molecule has 8 heteroatoms. The summed E-state index contributed by atoms with van der Waals surface area (Å²) < 4.78 is 11.0. The van der Waals surface area contributed by atoms with Gasteiger partial charge in [0.1, 0.15) is 18.2 Å². The molecular weight excluding hydrogens is 578 g/mol. The summed E-state index contributed by atoms with van der Waals surface area (Å²) in [5.41, 5.74) is 4.06. The number of alkyl carbamates (subject to hydrolysis) is 2. The van der Waals surface area contributed by atoms with Gasteiger partial charge in [0.15, 0.2) is 0 Å². The fraction of sp³-hybridized carbons (Fsp3) is 0.605. The number of unbranched alkanes of at least 4 members (excludes halogenated alkanes) is 10. The van der Waals surface area contributed by atoms with Crippen molar-refractivity contribution in [3.05, 3.63) is 59.7 Å². The van der Waals surface area contributed by atoms with E-state index in [0.29, 0.717) is 32.4 Å². The molecule has 0 heterocycles. The maximum atomic E-state index is 13.0. The van der Waals surface area contributed by atoms with Gasteiger partial charge in [-0.05, 0) is 68.7 Å². The smallest absolute Gasteiger partial charge is 0.408 e. The lowest BCUT2D eigenvalue weighted by Gasteiger charge is -2.23. The highest BCUT2D eigenvalue weighted by Gasteiger charge is 2.29. The third kappa shape index (κ3) is 13.1. The molecule has 254 valence electrons. The van der Waals surface area contributed by atoms with Crippen molar-refractivity contribution in [2.45, 2.75) is 129 Å². The Hall–Kier alpha value is -3.55. The van der Waals surface area contributed by atoms with Crippen molar-refractivity contribution >= 4 is 18.1 Å². The number of ether oxygens (including phenoxy) is 2. The van der Waals surface area contributed by atoms with Crippen LogP contribution in [0.3, 0.4) is 0 Å². The molecule has 0 bridgehead atoms. The molecule has 3 amide bonds. The SMILES string of the molecule is CCCCCCCCCCCCNC(=O)C(CCCCNC(=O)OCC1c2ccccc2-c2ccccc21)NC(=O)OC(C)(C)C. The van der Waals surface area contributed by atoms with E-state index in [-0.39, 0.29) is 18.4 Å². The van der Waals surface area contributed by atoms with E-state index in [1.807, 2.05) is 24.3 Å². The molecule has 2 aromatic rings. The molecule has 0 radical (unpaired) electrons. The van der Waals surface area contributed by atoms with Crippen LogP contribution in [0.25, 0.3) is 11.1 Å². The summed E-state index contributed by atoms with van der Waals surface area (Å²) in [5, 5.41) is 8.57. The lowest BCUT2D eigenvalue weighted by Crippen LogP contribution is -2.48. The van der Waals surface area contributed by atoms with E-state index >= 15 is 0 Å². The average molecular weight is 636 g/mol. The maximum absolute atomic E-state index is 13.0. The first-order valence-electron chi connectivity index (χ1n) is 17.6. The fourth-order valence-corrected chi connectivity index (χ4v) is 5.98. The number of rotatable bonds is 20. The van der Waals surface area contributed by atoms with Crippen molar-refractivity contribution < 1.29 is 23.9 Å². The molecule has 2 aromatic carbocycles. The highest BCUT2D eigenvalue weighted by atomic mass is 16.6. The molecule has 46 heavy (non-hydrogen) atoms. The van der Waals surface area contributed by atoms with Crippen molar-refractivity contribution in [3.8, 4) is 11.1 Å². The predicted molar refractivity (Wildman–Crippen MR) is 185 cm³/mol. The van der Waals surface area contributed by atoms with Gasteiger partial charge in [-0.2, -0.15) is 0 Å². The fourth-order valence-electron chi connectivity index (χ4n) is 5.98. The second-order valence-corrected chi connectivity index (χ2v) is 13.4. The molecule has 1 atom stereocenters. The van der Waals surface area contributed by atoms with E-state index < -0.39 is 23.8 Å². The van der Waals surface area contributed by atoms with Gasteiger partial charge in [0.25, 0.3) is 0 Å². The first-order chi connectivity index (χ1) is 22.2. The Morgan fingerprint density at radius 1 is 0.696 bits per heavy atom. The van der Waals surface area contributed by atoms with E-state index in [4.69, 9.17) is 9.47 Å². The van der Waals surface area contributed by atoms with Crippen LogP contribution in [0.5, 0.6) is 0 Å². The summed E-state index contributed by atoms with van der Waals surface area (Å²) in [6.07, 6.45) is 13.0. The Morgan fingerprint density at radius 2 is 1.22 bits per heavy atom. The van der Waals surface area contributed by atoms with Gasteiger partial charge in [-0.15, -0.1) is 0 Å². The molecule has 8 nitrogen and oxygen atoms in total. The van der Waals surface area contributed by atoms with Gasteiger partial charge in [-0.25, -0.2) is 9.59 Å². The van der Waals surface area contributed by atoms with Crippen LogP contribution in [-0.2, 0) is 14.3 Å². The van der Waals surface area contributed by atoms with Crippen LogP contribution in [0, 0.1) is 0 Å². The van der Waals surface area contributed by atoms with E-state index in [1.54, 1.807) is 20.8 Å². The summed E-state index contributed by atoms with van der Waals surface area (Å²) in [4.78, 5) is 38.0. The minimum absolute atomic E-state index is 0.0108. The van der Waals surface area contributed by atoms with Gasteiger partial charge >= 0.3 is 12.2 Å². The zero-order valence-electron chi connectivity index (χ0n) is 28.6. The normalized spacial score (nSPS) is 13.0. The van der Waals surface area contributed by atoms with Gasteiger partial charge in [0.2, 0.25) is 5.91 Å². The molecule has 1 aliphatic carbocycles. The first kappa shape index (κ1) is 36.9. The number of hydrogen-bond acceptors (Lipinski definition) is 5. The molecule has 0 saturated carbocycles. The molecule has 0 fully saturated rings. The zero-order valence-corrected chi connectivity index (χ0v) is 28.6. The van der Waals surface area contributed by atoms with Crippen molar-refractivity contribution in [2.24, 2.45) is 0 Å². The van der Waals surface area contributed by atoms with Crippen molar-refractivity contribution in [1.82, 2.24) is 16.0 Å². The standard InChI is InChI=1S/C38H57N3O5/c1-5-6-7-8-9-10-11-12-13-19-26-39-35(42)34(41-37(44)46-38(2,3)4)25-18-20-27-40-36(43)45-28-33-31-23-16-14-21-29(31)30-22-15-17-24-32(30)33/h14-17,21-24,33-34H,5-13,18-20,25-28H2,1-4H3,(H,39,42)(H,40,43)(H,41,44). The number of benzene rings is 2. The molecular formula is C38H57N3O5. The van der Waals surface area contributed by atoms with Gasteiger partial charge in [-0.3, -0.25) is 4.79 Å². The van der Waals surface area contributed by atoms with Crippen molar-refractivity contribution in [3.63, 3.8) is 0 Å². The Morgan fingerprint density at radius 3 is 1.80 bits per heavy atom. The van der Waals surface area contributed by atoms with Gasteiger partial charge in [-0.1, -0.05) is 113 Å². The van der Waals surface area contributed by atoms with Crippen LogP contribution in [0.1, 0.15) is 128 Å². The van der Waals surface area contributed by atoms with E-state index in [0.717, 1.165) is 12.8 Å². The van der Waals surface area contributed by atoms with Crippen LogP contribution >= 0.6 is 0 Å².